The van der Waals surface area contributed by atoms with Crippen molar-refractivity contribution in [1.82, 2.24) is 0 Å². The minimum absolute atomic E-state index is 0.535. The molecule has 4 nitrogen and oxygen atoms in total. The van der Waals surface area contributed by atoms with Crippen molar-refractivity contribution in [2.75, 3.05) is 24.7 Å². The minimum Gasteiger partial charge on any atom is -0.497 e. The molecule has 1 saturated carbocycles. The zero-order valence-corrected chi connectivity index (χ0v) is 9.49. The van der Waals surface area contributed by atoms with Crippen LogP contribution in [0.5, 0.6) is 5.75 Å². The van der Waals surface area contributed by atoms with Gasteiger partial charge < -0.3 is 20.9 Å². The van der Waals surface area contributed by atoms with Crippen LogP contribution in [0.4, 0.5) is 11.4 Å². The first-order chi connectivity index (χ1) is 7.63. The fourth-order valence-corrected chi connectivity index (χ4v) is 1.85. The zero-order valence-electron chi connectivity index (χ0n) is 9.49. The largest absolute Gasteiger partial charge is 0.497 e. The molecule has 0 aliphatic heterocycles. The lowest BCUT2D eigenvalue weighted by Gasteiger charge is -2.37. The molecule has 16 heavy (non-hydrogen) atoms. The Morgan fingerprint density at radius 3 is 2.75 bits per heavy atom. The minimum atomic E-state index is -0.535. The van der Waals surface area contributed by atoms with Gasteiger partial charge in [0.15, 0.2) is 0 Å². The monoisotopic (exact) mass is 222 g/mol. The number of nitrogen functional groups attached to an aromatic ring is 1. The molecule has 0 spiro atoms. The van der Waals surface area contributed by atoms with Crippen molar-refractivity contribution >= 4 is 11.4 Å². The van der Waals surface area contributed by atoms with E-state index in [1.165, 1.54) is 0 Å². The van der Waals surface area contributed by atoms with E-state index in [4.69, 9.17) is 10.5 Å². The zero-order chi connectivity index (χ0) is 11.6. The molecule has 0 atom stereocenters. The predicted molar refractivity (Wildman–Crippen MR) is 64.7 cm³/mol. The molecule has 0 aromatic heterocycles. The van der Waals surface area contributed by atoms with Gasteiger partial charge in [-0.3, -0.25) is 0 Å². The predicted octanol–water partition coefficient (Wildman–Crippen LogP) is 1.60. The molecule has 1 aliphatic rings. The first kappa shape index (κ1) is 11.1. The Hall–Kier alpha value is -1.42. The first-order valence-corrected chi connectivity index (χ1v) is 5.53. The van der Waals surface area contributed by atoms with E-state index in [1.54, 1.807) is 13.2 Å². The van der Waals surface area contributed by atoms with Crippen molar-refractivity contribution in [3.05, 3.63) is 18.2 Å². The van der Waals surface area contributed by atoms with Crippen molar-refractivity contribution in [3.63, 3.8) is 0 Å². The van der Waals surface area contributed by atoms with Crippen molar-refractivity contribution in [3.8, 4) is 5.75 Å². The summed E-state index contributed by atoms with van der Waals surface area (Å²) in [5.74, 6) is 0.741. The fourth-order valence-electron chi connectivity index (χ4n) is 1.85. The molecule has 1 fully saturated rings. The van der Waals surface area contributed by atoms with Gasteiger partial charge in [0.25, 0.3) is 0 Å². The summed E-state index contributed by atoms with van der Waals surface area (Å²) >= 11 is 0. The molecular weight excluding hydrogens is 204 g/mol. The molecule has 0 saturated heterocycles. The second-order valence-electron chi connectivity index (χ2n) is 4.38. The molecule has 0 amide bonds. The summed E-state index contributed by atoms with van der Waals surface area (Å²) < 4.78 is 5.07. The standard InChI is InChI=1S/C12H18N2O2/c1-16-9-3-4-11(10(13)7-9)14-8-12(15)5-2-6-12/h3-4,7,14-15H,2,5-6,8,13H2,1H3. The average molecular weight is 222 g/mol. The van der Waals surface area contributed by atoms with Crippen LogP contribution < -0.4 is 15.8 Å². The Morgan fingerprint density at radius 1 is 1.50 bits per heavy atom. The van der Waals surface area contributed by atoms with E-state index in [0.717, 1.165) is 30.7 Å². The molecule has 0 unspecified atom stereocenters. The van der Waals surface area contributed by atoms with Crippen molar-refractivity contribution in [2.24, 2.45) is 0 Å². The third-order valence-corrected chi connectivity index (χ3v) is 3.15. The van der Waals surface area contributed by atoms with E-state index in [9.17, 15) is 5.11 Å². The van der Waals surface area contributed by atoms with Crippen LogP contribution in [0.15, 0.2) is 18.2 Å². The summed E-state index contributed by atoms with van der Waals surface area (Å²) in [5.41, 5.74) is 6.82. The van der Waals surface area contributed by atoms with Gasteiger partial charge in [-0.05, 0) is 31.4 Å². The highest BCUT2D eigenvalue weighted by atomic mass is 16.5. The quantitative estimate of drug-likeness (QED) is 0.677. The van der Waals surface area contributed by atoms with Gasteiger partial charge in [0.05, 0.1) is 24.1 Å². The highest BCUT2D eigenvalue weighted by Crippen LogP contribution is 2.32. The molecule has 4 heteroatoms. The number of rotatable bonds is 4. The molecule has 0 radical (unpaired) electrons. The van der Waals surface area contributed by atoms with Crippen LogP contribution in [0.25, 0.3) is 0 Å². The summed E-state index contributed by atoms with van der Waals surface area (Å²) in [6.07, 6.45) is 2.85. The number of anilines is 2. The topological polar surface area (TPSA) is 67.5 Å². The number of hydrogen-bond acceptors (Lipinski definition) is 4. The second kappa shape index (κ2) is 4.22. The fraction of sp³-hybridized carbons (Fsp3) is 0.500. The van der Waals surface area contributed by atoms with Gasteiger partial charge in [-0.25, -0.2) is 0 Å². The lowest BCUT2D eigenvalue weighted by atomic mass is 9.80. The molecule has 4 N–H and O–H groups in total. The van der Waals surface area contributed by atoms with E-state index in [2.05, 4.69) is 5.32 Å². The lowest BCUT2D eigenvalue weighted by molar-refractivity contribution is -0.0201. The number of nitrogens with two attached hydrogens (primary N) is 1. The molecule has 1 aromatic carbocycles. The summed E-state index contributed by atoms with van der Waals surface area (Å²) in [5, 5.41) is 13.1. The second-order valence-corrected chi connectivity index (χ2v) is 4.38. The van der Waals surface area contributed by atoms with Gasteiger partial charge in [-0.1, -0.05) is 0 Å². The average Bonchev–Trinajstić information content (AvgIpc) is 2.25. The van der Waals surface area contributed by atoms with Crippen molar-refractivity contribution in [2.45, 2.75) is 24.9 Å². The number of methoxy groups -OCH3 is 1. The molecule has 1 aliphatic carbocycles. The molecule has 88 valence electrons. The molecular formula is C12H18N2O2. The highest BCUT2D eigenvalue weighted by molar-refractivity contribution is 5.68. The van der Waals surface area contributed by atoms with Gasteiger partial charge in [0, 0.05) is 12.6 Å². The Balaban J connectivity index is 1.98. The maximum absolute atomic E-state index is 9.93. The summed E-state index contributed by atoms with van der Waals surface area (Å²) in [7, 11) is 1.61. The summed E-state index contributed by atoms with van der Waals surface area (Å²) in [4.78, 5) is 0. The van der Waals surface area contributed by atoms with Crippen LogP contribution in [0, 0.1) is 0 Å². The van der Waals surface area contributed by atoms with Gasteiger partial charge >= 0.3 is 0 Å². The first-order valence-electron chi connectivity index (χ1n) is 5.53. The Bertz CT molecular complexity index is 375. The van der Waals surface area contributed by atoms with Gasteiger partial charge in [0.2, 0.25) is 0 Å². The van der Waals surface area contributed by atoms with Crippen molar-refractivity contribution in [1.29, 1.82) is 0 Å². The van der Waals surface area contributed by atoms with Crippen LogP contribution in [0.3, 0.4) is 0 Å². The number of nitrogens with one attached hydrogen (secondary N) is 1. The van der Waals surface area contributed by atoms with Crippen molar-refractivity contribution < 1.29 is 9.84 Å². The molecule has 0 bridgehead atoms. The van der Waals surface area contributed by atoms with E-state index < -0.39 is 5.60 Å². The number of benzene rings is 1. The molecule has 2 rings (SSSR count). The van der Waals surface area contributed by atoms with Gasteiger partial charge in [0.1, 0.15) is 5.75 Å². The third kappa shape index (κ3) is 2.22. The van der Waals surface area contributed by atoms with Gasteiger partial charge in [-0.15, -0.1) is 0 Å². The summed E-state index contributed by atoms with van der Waals surface area (Å²) in [6.45, 7) is 0.559. The third-order valence-electron chi connectivity index (χ3n) is 3.15. The van der Waals surface area contributed by atoms with E-state index >= 15 is 0 Å². The van der Waals surface area contributed by atoms with Crippen LogP contribution in [0.1, 0.15) is 19.3 Å². The van der Waals surface area contributed by atoms with Gasteiger partial charge in [-0.2, -0.15) is 0 Å². The van der Waals surface area contributed by atoms with E-state index in [0.29, 0.717) is 12.2 Å². The Labute approximate surface area is 95.4 Å². The number of aliphatic hydroxyl groups is 1. The molecule has 1 aromatic rings. The summed E-state index contributed by atoms with van der Waals surface area (Å²) in [6, 6.07) is 5.49. The SMILES string of the molecule is COc1ccc(NCC2(O)CCC2)c(N)c1. The van der Waals surface area contributed by atoms with Crippen LogP contribution in [-0.2, 0) is 0 Å². The Kier molecular flexibility index (Phi) is 2.92. The highest BCUT2D eigenvalue weighted by Gasteiger charge is 2.33. The molecule has 0 heterocycles. The lowest BCUT2D eigenvalue weighted by Crippen LogP contribution is -2.43. The number of hydrogen-bond donors (Lipinski definition) is 3. The number of ether oxygens (including phenoxy) is 1. The Morgan fingerprint density at radius 2 is 2.25 bits per heavy atom. The van der Waals surface area contributed by atoms with Crippen LogP contribution in [0.2, 0.25) is 0 Å². The van der Waals surface area contributed by atoms with Crippen LogP contribution >= 0.6 is 0 Å². The van der Waals surface area contributed by atoms with E-state index in [-0.39, 0.29) is 0 Å². The normalized spacial score (nSPS) is 17.6. The van der Waals surface area contributed by atoms with E-state index in [1.807, 2.05) is 12.1 Å². The maximum Gasteiger partial charge on any atom is 0.121 e. The maximum atomic E-state index is 9.93. The van der Waals surface area contributed by atoms with Crippen LogP contribution in [-0.4, -0.2) is 24.4 Å². The smallest absolute Gasteiger partial charge is 0.121 e.